The van der Waals surface area contributed by atoms with Crippen LogP contribution in [-0.2, 0) is 9.53 Å². The van der Waals surface area contributed by atoms with Crippen molar-refractivity contribution in [2.75, 3.05) is 11.9 Å². The van der Waals surface area contributed by atoms with E-state index in [1.54, 1.807) is 6.07 Å². The van der Waals surface area contributed by atoms with E-state index in [9.17, 15) is 13.6 Å². The summed E-state index contributed by atoms with van der Waals surface area (Å²) in [5.41, 5.74) is 5.69. The molecule has 3 N–H and O–H groups in total. The van der Waals surface area contributed by atoms with Crippen molar-refractivity contribution in [3.8, 4) is 0 Å². The predicted octanol–water partition coefficient (Wildman–Crippen LogP) is 2.49. The molecule has 1 aliphatic rings. The lowest BCUT2D eigenvalue weighted by atomic mass is 10.1. The molecule has 0 radical (unpaired) electrons. The first-order valence-corrected chi connectivity index (χ1v) is 6.14. The Balaban J connectivity index is 0.00000200. The van der Waals surface area contributed by atoms with Crippen LogP contribution in [-0.4, -0.2) is 24.7 Å². The van der Waals surface area contributed by atoms with Crippen LogP contribution in [0.2, 0.25) is 0 Å². The van der Waals surface area contributed by atoms with Gasteiger partial charge in [-0.05, 0) is 25.0 Å². The zero-order valence-electron chi connectivity index (χ0n) is 10.7. The number of benzene rings is 1. The molecule has 0 aliphatic carbocycles. The molecule has 112 valence electrons. The van der Waals surface area contributed by atoms with Gasteiger partial charge in [0.15, 0.2) is 0 Å². The summed E-state index contributed by atoms with van der Waals surface area (Å²) in [5.74, 6) is -0.317. The van der Waals surface area contributed by atoms with Crippen molar-refractivity contribution in [2.24, 2.45) is 5.73 Å². The maximum absolute atomic E-state index is 12.5. The van der Waals surface area contributed by atoms with E-state index in [-0.39, 0.29) is 30.0 Å². The Morgan fingerprint density at radius 2 is 2.20 bits per heavy atom. The molecule has 1 aliphatic heterocycles. The predicted molar refractivity (Wildman–Crippen MR) is 74.2 cm³/mol. The zero-order chi connectivity index (χ0) is 13.8. The van der Waals surface area contributed by atoms with Crippen molar-refractivity contribution in [3.05, 3.63) is 29.8 Å². The van der Waals surface area contributed by atoms with Crippen molar-refractivity contribution in [1.82, 2.24) is 0 Å². The van der Waals surface area contributed by atoms with Gasteiger partial charge >= 0.3 is 0 Å². The Morgan fingerprint density at radius 1 is 1.45 bits per heavy atom. The van der Waals surface area contributed by atoms with Crippen molar-refractivity contribution >= 4 is 24.0 Å². The molecule has 0 aromatic heterocycles. The topological polar surface area (TPSA) is 64.4 Å². The normalized spacial score (nSPS) is 21.6. The van der Waals surface area contributed by atoms with E-state index in [1.807, 2.05) is 0 Å². The number of rotatable bonds is 4. The first-order valence-electron chi connectivity index (χ1n) is 6.14. The maximum atomic E-state index is 12.5. The van der Waals surface area contributed by atoms with Gasteiger partial charge in [-0.15, -0.1) is 12.4 Å². The van der Waals surface area contributed by atoms with Gasteiger partial charge in [0, 0.05) is 17.8 Å². The second-order valence-corrected chi connectivity index (χ2v) is 4.48. The largest absolute Gasteiger partial charge is 0.364 e. The minimum absolute atomic E-state index is 0. The van der Waals surface area contributed by atoms with E-state index in [0.29, 0.717) is 18.7 Å². The quantitative estimate of drug-likeness (QED) is 0.898. The molecule has 0 unspecified atom stereocenters. The molecule has 1 aromatic carbocycles. The minimum atomic E-state index is -2.55. The highest BCUT2D eigenvalue weighted by atomic mass is 35.5. The number of nitrogens with one attached hydrogen (secondary N) is 1. The van der Waals surface area contributed by atoms with E-state index in [4.69, 9.17) is 10.5 Å². The molecule has 2 atom stereocenters. The van der Waals surface area contributed by atoms with Gasteiger partial charge in [0.25, 0.3) is 12.3 Å². The summed E-state index contributed by atoms with van der Waals surface area (Å²) in [6, 6.07) is 5.63. The van der Waals surface area contributed by atoms with Gasteiger partial charge in [0.1, 0.15) is 6.10 Å². The highest BCUT2D eigenvalue weighted by Crippen LogP contribution is 2.23. The lowest BCUT2D eigenvalue weighted by Crippen LogP contribution is -2.29. The molecular formula is C13H17ClF2N2O2. The number of carbonyl (C=O) groups is 1. The van der Waals surface area contributed by atoms with Crippen LogP contribution < -0.4 is 11.1 Å². The van der Waals surface area contributed by atoms with Crippen molar-refractivity contribution < 1.29 is 18.3 Å². The van der Waals surface area contributed by atoms with E-state index in [0.717, 1.165) is 6.42 Å². The van der Waals surface area contributed by atoms with E-state index >= 15 is 0 Å². The third kappa shape index (κ3) is 4.13. The molecule has 7 heteroatoms. The second kappa shape index (κ2) is 7.52. The number of nitrogens with two attached hydrogens (primary N) is 1. The Labute approximate surface area is 122 Å². The molecule has 20 heavy (non-hydrogen) atoms. The Hall–Kier alpha value is -1.24. The molecule has 4 nitrogen and oxygen atoms in total. The molecule has 1 aromatic rings. The summed E-state index contributed by atoms with van der Waals surface area (Å²) in [4.78, 5) is 11.9. The fourth-order valence-corrected chi connectivity index (χ4v) is 2.05. The summed E-state index contributed by atoms with van der Waals surface area (Å²) in [7, 11) is 0. The number of hydrogen-bond acceptors (Lipinski definition) is 3. The summed E-state index contributed by atoms with van der Waals surface area (Å²) in [6.45, 7) is 0.380. The highest BCUT2D eigenvalue weighted by Gasteiger charge is 2.29. The number of anilines is 1. The minimum Gasteiger partial charge on any atom is -0.364 e. The van der Waals surface area contributed by atoms with Gasteiger partial charge in [-0.3, -0.25) is 4.79 Å². The number of amides is 1. The molecule has 0 saturated carbocycles. The molecule has 1 fully saturated rings. The van der Waals surface area contributed by atoms with Gasteiger partial charge < -0.3 is 15.8 Å². The first-order chi connectivity index (χ1) is 9.10. The number of halogens is 3. The average molecular weight is 307 g/mol. The summed E-state index contributed by atoms with van der Waals surface area (Å²) in [5, 5.41) is 2.59. The molecule has 1 heterocycles. The van der Waals surface area contributed by atoms with Gasteiger partial charge in [-0.2, -0.15) is 0 Å². The second-order valence-electron chi connectivity index (χ2n) is 4.48. The van der Waals surface area contributed by atoms with Crippen LogP contribution in [0.1, 0.15) is 24.8 Å². The SMILES string of the molecule is Cl.NC[C@H]1CC[C@@H](C(=O)Nc2cccc(C(F)F)c2)O1. The lowest BCUT2D eigenvalue weighted by Gasteiger charge is -2.13. The van der Waals surface area contributed by atoms with Crippen LogP contribution in [0.15, 0.2) is 24.3 Å². The van der Waals surface area contributed by atoms with Crippen LogP contribution in [0.3, 0.4) is 0 Å². The maximum Gasteiger partial charge on any atom is 0.263 e. The fraction of sp³-hybridized carbons (Fsp3) is 0.462. The van der Waals surface area contributed by atoms with E-state index in [2.05, 4.69) is 5.32 Å². The highest BCUT2D eigenvalue weighted by molar-refractivity contribution is 5.94. The first kappa shape index (κ1) is 16.8. The summed E-state index contributed by atoms with van der Waals surface area (Å²) >= 11 is 0. The smallest absolute Gasteiger partial charge is 0.263 e. The van der Waals surface area contributed by atoms with Crippen molar-refractivity contribution in [1.29, 1.82) is 0 Å². The van der Waals surface area contributed by atoms with Crippen molar-refractivity contribution in [2.45, 2.75) is 31.5 Å². The number of carbonyl (C=O) groups excluding carboxylic acids is 1. The van der Waals surface area contributed by atoms with Crippen LogP contribution in [0.5, 0.6) is 0 Å². The van der Waals surface area contributed by atoms with Gasteiger partial charge in [0.05, 0.1) is 6.10 Å². The molecule has 0 spiro atoms. The fourth-order valence-electron chi connectivity index (χ4n) is 2.05. The Morgan fingerprint density at radius 3 is 2.80 bits per heavy atom. The molecule has 2 rings (SSSR count). The van der Waals surface area contributed by atoms with Gasteiger partial charge in [0.2, 0.25) is 0 Å². The molecule has 1 amide bonds. The average Bonchev–Trinajstić information content (AvgIpc) is 2.88. The molecular weight excluding hydrogens is 290 g/mol. The Kier molecular flexibility index (Phi) is 6.32. The van der Waals surface area contributed by atoms with Gasteiger partial charge in [-0.1, -0.05) is 12.1 Å². The Bertz CT molecular complexity index is 460. The number of hydrogen-bond donors (Lipinski definition) is 2. The third-order valence-corrected chi connectivity index (χ3v) is 3.07. The summed E-state index contributed by atoms with van der Waals surface area (Å²) in [6.07, 6.45) is -1.86. The third-order valence-electron chi connectivity index (χ3n) is 3.07. The van der Waals surface area contributed by atoms with Crippen LogP contribution >= 0.6 is 12.4 Å². The monoisotopic (exact) mass is 306 g/mol. The molecule has 0 bridgehead atoms. The number of alkyl halides is 2. The van der Waals surface area contributed by atoms with E-state index in [1.165, 1.54) is 18.2 Å². The van der Waals surface area contributed by atoms with Crippen LogP contribution in [0.4, 0.5) is 14.5 Å². The van der Waals surface area contributed by atoms with Gasteiger partial charge in [-0.25, -0.2) is 8.78 Å². The zero-order valence-corrected chi connectivity index (χ0v) is 11.5. The standard InChI is InChI=1S/C13H16F2N2O2.ClH/c14-12(15)8-2-1-3-9(6-8)17-13(18)11-5-4-10(7-16)19-11;/h1-3,6,10-12H,4-5,7,16H2,(H,17,18);1H/t10-,11+;/m1./s1. The summed E-state index contributed by atoms with van der Waals surface area (Å²) < 4.78 is 30.5. The number of ether oxygens (including phenoxy) is 1. The van der Waals surface area contributed by atoms with Crippen molar-refractivity contribution in [3.63, 3.8) is 0 Å². The van der Waals surface area contributed by atoms with Crippen LogP contribution in [0, 0.1) is 0 Å². The van der Waals surface area contributed by atoms with Crippen LogP contribution in [0.25, 0.3) is 0 Å². The molecule has 1 saturated heterocycles. The lowest BCUT2D eigenvalue weighted by molar-refractivity contribution is -0.126. The van der Waals surface area contributed by atoms with E-state index < -0.39 is 12.5 Å².